The van der Waals surface area contributed by atoms with Crippen LogP contribution in [0, 0.1) is 12.7 Å². The molecule has 0 aromatic heterocycles. The molecular formula is C15H15ClFNO4S. The average molecular weight is 360 g/mol. The first-order chi connectivity index (χ1) is 10.8. The zero-order valence-electron chi connectivity index (χ0n) is 12.7. The van der Waals surface area contributed by atoms with Crippen LogP contribution in [0.4, 0.5) is 10.1 Å². The fraction of sp³-hybridized carbons (Fsp3) is 0.200. The number of rotatable bonds is 5. The maximum absolute atomic E-state index is 14.0. The van der Waals surface area contributed by atoms with Crippen LogP contribution in [0.25, 0.3) is 0 Å². The molecule has 0 spiro atoms. The summed E-state index contributed by atoms with van der Waals surface area (Å²) in [6.45, 7) is 1.54. The van der Waals surface area contributed by atoms with Crippen molar-refractivity contribution >= 4 is 27.3 Å². The van der Waals surface area contributed by atoms with E-state index < -0.39 is 15.8 Å². The van der Waals surface area contributed by atoms with Gasteiger partial charge in [-0.25, -0.2) is 12.8 Å². The third-order valence-electron chi connectivity index (χ3n) is 3.16. The van der Waals surface area contributed by atoms with Gasteiger partial charge in [0.05, 0.1) is 24.9 Å². The van der Waals surface area contributed by atoms with Gasteiger partial charge in [0.15, 0.2) is 11.5 Å². The quantitative estimate of drug-likeness (QED) is 0.885. The number of halogens is 2. The number of hydrogen-bond acceptors (Lipinski definition) is 4. The smallest absolute Gasteiger partial charge is 0.263 e. The number of ether oxygens (including phenoxy) is 2. The molecule has 0 unspecified atom stereocenters. The standard InChI is InChI=1S/C15H15ClFNO4S/c1-9-5-4-6-11(15(9)17)18-23(19,20)14-8-13(22-3)12(21-2)7-10(14)16/h4-8,18H,1-3H3. The first-order valence-electron chi connectivity index (χ1n) is 6.49. The van der Waals surface area contributed by atoms with Crippen molar-refractivity contribution in [2.75, 3.05) is 18.9 Å². The van der Waals surface area contributed by atoms with Gasteiger partial charge in [-0.3, -0.25) is 4.72 Å². The number of sulfonamides is 1. The van der Waals surface area contributed by atoms with E-state index in [-0.39, 0.29) is 27.1 Å². The van der Waals surface area contributed by atoms with Gasteiger partial charge in [0.25, 0.3) is 10.0 Å². The van der Waals surface area contributed by atoms with Crippen LogP contribution < -0.4 is 14.2 Å². The van der Waals surface area contributed by atoms with Gasteiger partial charge in [-0.2, -0.15) is 0 Å². The maximum atomic E-state index is 14.0. The van der Waals surface area contributed by atoms with Gasteiger partial charge in [-0.1, -0.05) is 23.7 Å². The molecule has 0 radical (unpaired) electrons. The number of anilines is 1. The van der Waals surface area contributed by atoms with Crippen LogP contribution in [0.3, 0.4) is 0 Å². The molecule has 0 amide bonds. The normalized spacial score (nSPS) is 11.2. The molecule has 0 saturated heterocycles. The number of benzene rings is 2. The minimum atomic E-state index is -4.10. The number of hydrogen-bond donors (Lipinski definition) is 1. The van der Waals surface area contributed by atoms with Crippen molar-refractivity contribution in [3.05, 3.63) is 46.7 Å². The first kappa shape index (κ1) is 17.4. The highest BCUT2D eigenvalue weighted by molar-refractivity contribution is 7.92. The summed E-state index contributed by atoms with van der Waals surface area (Å²) in [5.74, 6) is -0.159. The van der Waals surface area contributed by atoms with E-state index in [2.05, 4.69) is 4.72 Å². The molecule has 0 aliphatic carbocycles. The molecule has 0 atom stereocenters. The van der Waals surface area contributed by atoms with Crippen LogP contribution in [0.15, 0.2) is 35.2 Å². The monoisotopic (exact) mass is 359 g/mol. The highest BCUT2D eigenvalue weighted by Crippen LogP contribution is 2.36. The molecule has 0 fully saturated rings. The van der Waals surface area contributed by atoms with Gasteiger partial charge in [-0.05, 0) is 18.6 Å². The van der Waals surface area contributed by atoms with Crippen LogP contribution >= 0.6 is 11.6 Å². The molecular weight excluding hydrogens is 345 g/mol. The summed E-state index contributed by atoms with van der Waals surface area (Å²) in [5.41, 5.74) is 0.166. The van der Waals surface area contributed by atoms with Crippen molar-refractivity contribution in [2.24, 2.45) is 0 Å². The van der Waals surface area contributed by atoms with Gasteiger partial charge < -0.3 is 9.47 Å². The van der Waals surface area contributed by atoms with Crippen molar-refractivity contribution in [2.45, 2.75) is 11.8 Å². The van der Waals surface area contributed by atoms with E-state index in [0.717, 1.165) is 0 Å². The molecule has 0 aliphatic rings. The number of methoxy groups -OCH3 is 2. The molecule has 2 aromatic rings. The zero-order valence-corrected chi connectivity index (χ0v) is 14.3. The van der Waals surface area contributed by atoms with E-state index in [4.69, 9.17) is 21.1 Å². The summed E-state index contributed by atoms with van der Waals surface area (Å²) in [6, 6.07) is 6.95. The van der Waals surface area contributed by atoms with E-state index >= 15 is 0 Å². The Morgan fingerprint density at radius 1 is 1.13 bits per heavy atom. The Kier molecular flexibility index (Phi) is 5.01. The van der Waals surface area contributed by atoms with Crippen molar-refractivity contribution in [1.82, 2.24) is 0 Å². The Bertz CT molecular complexity index is 840. The van der Waals surface area contributed by atoms with Gasteiger partial charge in [0, 0.05) is 12.1 Å². The molecule has 23 heavy (non-hydrogen) atoms. The number of aryl methyl sites for hydroxylation is 1. The lowest BCUT2D eigenvalue weighted by atomic mass is 10.2. The molecule has 124 valence electrons. The Morgan fingerprint density at radius 3 is 2.35 bits per heavy atom. The van der Waals surface area contributed by atoms with Gasteiger partial charge >= 0.3 is 0 Å². The molecule has 0 heterocycles. The SMILES string of the molecule is COc1cc(Cl)c(S(=O)(=O)Nc2cccc(C)c2F)cc1OC. The van der Waals surface area contributed by atoms with Crippen molar-refractivity contribution in [3.8, 4) is 11.5 Å². The van der Waals surface area contributed by atoms with Crippen LogP contribution in [0.2, 0.25) is 5.02 Å². The fourth-order valence-corrected chi connectivity index (χ4v) is 3.56. The lowest BCUT2D eigenvalue weighted by molar-refractivity contribution is 0.354. The van der Waals surface area contributed by atoms with E-state index in [0.29, 0.717) is 5.56 Å². The summed E-state index contributed by atoms with van der Waals surface area (Å²) >= 11 is 6.01. The van der Waals surface area contributed by atoms with Gasteiger partial charge in [0.2, 0.25) is 0 Å². The topological polar surface area (TPSA) is 64.6 Å². The predicted octanol–water partition coefficient (Wildman–Crippen LogP) is 3.61. The Hall–Kier alpha value is -1.99. The van der Waals surface area contributed by atoms with Crippen LogP contribution in [-0.4, -0.2) is 22.6 Å². The van der Waals surface area contributed by atoms with Crippen LogP contribution in [-0.2, 0) is 10.0 Å². The molecule has 2 aromatic carbocycles. The highest BCUT2D eigenvalue weighted by atomic mass is 35.5. The van der Waals surface area contributed by atoms with Crippen molar-refractivity contribution in [1.29, 1.82) is 0 Å². The van der Waals surface area contributed by atoms with E-state index in [1.54, 1.807) is 6.07 Å². The molecule has 1 N–H and O–H groups in total. The minimum absolute atomic E-state index is 0.0665. The van der Waals surface area contributed by atoms with Gasteiger partial charge in [0.1, 0.15) is 10.7 Å². The molecule has 0 saturated carbocycles. The Balaban J connectivity index is 2.50. The second-order valence-corrected chi connectivity index (χ2v) is 6.74. The molecule has 0 aliphatic heterocycles. The van der Waals surface area contributed by atoms with Crippen molar-refractivity contribution < 1.29 is 22.3 Å². The Labute approximate surface area is 139 Å². The van der Waals surface area contributed by atoms with Crippen LogP contribution in [0.5, 0.6) is 11.5 Å². The highest BCUT2D eigenvalue weighted by Gasteiger charge is 2.23. The molecule has 8 heteroatoms. The lowest BCUT2D eigenvalue weighted by Crippen LogP contribution is -2.15. The summed E-state index contributed by atoms with van der Waals surface area (Å²) in [7, 11) is -1.32. The maximum Gasteiger partial charge on any atom is 0.263 e. The fourth-order valence-electron chi connectivity index (χ4n) is 1.97. The number of nitrogens with one attached hydrogen (secondary N) is 1. The summed E-state index contributed by atoms with van der Waals surface area (Å²) in [6.07, 6.45) is 0. The second-order valence-electron chi connectivity index (χ2n) is 4.68. The molecule has 0 bridgehead atoms. The van der Waals surface area contributed by atoms with Crippen LogP contribution in [0.1, 0.15) is 5.56 Å². The molecule has 5 nitrogen and oxygen atoms in total. The zero-order chi connectivity index (χ0) is 17.2. The minimum Gasteiger partial charge on any atom is -0.493 e. The van der Waals surface area contributed by atoms with E-state index in [1.165, 1.54) is 45.4 Å². The third-order valence-corrected chi connectivity index (χ3v) is 4.99. The summed E-state index contributed by atoms with van der Waals surface area (Å²) in [5, 5.41) is -0.0665. The summed E-state index contributed by atoms with van der Waals surface area (Å²) < 4.78 is 51.3. The van der Waals surface area contributed by atoms with E-state index in [9.17, 15) is 12.8 Å². The van der Waals surface area contributed by atoms with Crippen molar-refractivity contribution in [3.63, 3.8) is 0 Å². The Morgan fingerprint density at radius 2 is 1.74 bits per heavy atom. The average Bonchev–Trinajstić information content (AvgIpc) is 2.51. The third kappa shape index (κ3) is 3.51. The first-order valence-corrected chi connectivity index (χ1v) is 8.35. The lowest BCUT2D eigenvalue weighted by Gasteiger charge is -2.14. The summed E-state index contributed by atoms with van der Waals surface area (Å²) in [4.78, 5) is -0.238. The largest absolute Gasteiger partial charge is 0.493 e. The van der Waals surface area contributed by atoms with Gasteiger partial charge in [-0.15, -0.1) is 0 Å². The predicted molar refractivity (Wildman–Crippen MR) is 86.5 cm³/mol. The second kappa shape index (κ2) is 6.64. The van der Waals surface area contributed by atoms with E-state index in [1.807, 2.05) is 0 Å². The molecule has 2 rings (SSSR count).